The smallest absolute Gasteiger partial charge is 0.0807 e. The first-order valence-corrected chi connectivity index (χ1v) is 7.38. The minimum absolute atomic E-state index is 0.397. The van der Waals surface area contributed by atoms with Gasteiger partial charge in [-0.05, 0) is 23.4 Å². The van der Waals surface area contributed by atoms with Crippen LogP contribution in [0.15, 0.2) is 54.6 Å². The third kappa shape index (κ3) is 2.18. The standard InChI is InChI=1S/C17H16OS/c1-2-14(18)16-13-10-6-7-11-15(13)19-17(16)12-8-4-3-5-9-12/h3-11,14,18H,2H2,1H3. The van der Waals surface area contributed by atoms with Gasteiger partial charge < -0.3 is 5.11 Å². The van der Waals surface area contributed by atoms with E-state index in [0.29, 0.717) is 0 Å². The number of aliphatic hydroxyl groups excluding tert-OH is 1. The van der Waals surface area contributed by atoms with Crippen molar-refractivity contribution in [3.05, 3.63) is 60.2 Å². The van der Waals surface area contributed by atoms with E-state index in [9.17, 15) is 5.11 Å². The van der Waals surface area contributed by atoms with E-state index < -0.39 is 6.10 Å². The average Bonchev–Trinajstić information content (AvgIpc) is 2.87. The molecular weight excluding hydrogens is 252 g/mol. The monoisotopic (exact) mass is 268 g/mol. The molecule has 1 nitrogen and oxygen atoms in total. The molecule has 1 atom stereocenters. The van der Waals surface area contributed by atoms with Gasteiger partial charge in [0, 0.05) is 15.1 Å². The Morgan fingerprint density at radius 3 is 2.42 bits per heavy atom. The molecule has 0 saturated heterocycles. The molecule has 0 spiro atoms. The molecule has 1 aromatic heterocycles. The van der Waals surface area contributed by atoms with Gasteiger partial charge in [0.2, 0.25) is 0 Å². The van der Waals surface area contributed by atoms with Gasteiger partial charge in [-0.1, -0.05) is 55.5 Å². The van der Waals surface area contributed by atoms with Crippen molar-refractivity contribution < 1.29 is 5.11 Å². The van der Waals surface area contributed by atoms with E-state index in [2.05, 4.69) is 30.3 Å². The molecule has 0 radical (unpaired) electrons. The third-order valence-corrected chi connectivity index (χ3v) is 4.63. The van der Waals surface area contributed by atoms with Crippen LogP contribution in [0.1, 0.15) is 25.0 Å². The Morgan fingerprint density at radius 1 is 1.00 bits per heavy atom. The van der Waals surface area contributed by atoms with Crippen molar-refractivity contribution in [2.75, 3.05) is 0 Å². The molecule has 0 aliphatic heterocycles. The average molecular weight is 268 g/mol. The van der Waals surface area contributed by atoms with Gasteiger partial charge in [0.15, 0.2) is 0 Å². The maximum atomic E-state index is 10.4. The van der Waals surface area contributed by atoms with Gasteiger partial charge in [-0.25, -0.2) is 0 Å². The maximum Gasteiger partial charge on any atom is 0.0807 e. The Bertz CT molecular complexity index is 685. The summed E-state index contributed by atoms with van der Waals surface area (Å²) in [5.74, 6) is 0. The van der Waals surface area contributed by atoms with Crippen LogP contribution in [0.2, 0.25) is 0 Å². The first kappa shape index (κ1) is 12.4. The summed E-state index contributed by atoms with van der Waals surface area (Å²) in [6, 6.07) is 18.6. The molecule has 0 saturated carbocycles. The summed E-state index contributed by atoms with van der Waals surface area (Å²) in [5, 5.41) is 11.5. The zero-order valence-corrected chi connectivity index (χ0v) is 11.7. The molecule has 19 heavy (non-hydrogen) atoms. The molecule has 96 valence electrons. The Morgan fingerprint density at radius 2 is 1.68 bits per heavy atom. The summed E-state index contributed by atoms with van der Waals surface area (Å²) in [6.45, 7) is 2.02. The zero-order valence-electron chi connectivity index (χ0n) is 10.8. The molecular formula is C17H16OS. The first-order valence-electron chi connectivity index (χ1n) is 6.56. The van der Waals surface area contributed by atoms with Crippen molar-refractivity contribution in [1.82, 2.24) is 0 Å². The van der Waals surface area contributed by atoms with Crippen LogP contribution >= 0.6 is 11.3 Å². The predicted molar refractivity (Wildman–Crippen MR) is 82.5 cm³/mol. The lowest BCUT2D eigenvalue weighted by atomic mass is 10.00. The zero-order chi connectivity index (χ0) is 13.2. The fourth-order valence-electron chi connectivity index (χ4n) is 2.40. The lowest BCUT2D eigenvalue weighted by Crippen LogP contribution is -1.95. The lowest BCUT2D eigenvalue weighted by molar-refractivity contribution is 0.176. The number of rotatable bonds is 3. The van der Waals surface area contributed by atoms with E-state index in [1.165, 1.54) is 20.5 Å². The van der Waals surface area contributed by atoms with Crippen LogP contribution in [0.5, 0.6) is 0 Å². The highest BCUT2D eigenvalue weighted by molar-refractivity contribution is 7.22. The predicted octanol–water partition coefficient (Wildman–Crippen LogP) is 5.01. The fraction of sp³-hybridized carbons (Fsp3) is 0.176. The number of hydrogen-bond donors (Lipinski definition) is 1. The van der Waals surface area contributed by atoms with E-state index >= 15 is 0 Å². The number of thiophene rings is 1. The van der Waals surface area contributed by atoms with Crippen molar-refractivity contribution in [2.24, 2.45) is 0 Å². The SMILES string of the molecule is CCC(O)c1c(-c2ccccc2)sc2ccccc12. The summed E-state index contributed by atoms with van der Waals surface area (Å²) >= 11 is 1.76. The van der Waals surface area contributed by atoms with Crippen LogP contribution in [0.4, 0.5) is 0 Å². The van der Waals surface area contributed by atoms with Crippen molar-refractivity contribution in [2.45, 2.75) is 19.4 Å². The molecule has 2 aromatic carbocycles. The summed E-state index contributed by atoms with van der Waals surface area (Å²) in [6.07, 6.45) is 0.340. The van der Waals surface area contributed by atoms with E-state index in [1.54, 1.807) is 11.3 Å². The van der Waals surface area contributed by atoms with Crippen LogP contribution in [-0.2, 0) is 0 Å². The van der Waals surface area contributed by atoms with Gasteiger partial charge in [-0.3, -0.25) is 0 Å². The quantitative estimate of drug-likeness (QED) is 0.707. The second-order valence-corrected chi connectivity index (χ2v) is 5.68. The Labute approximate surface area is 117 Å². The fourth-order valence-corrected chi connectivity index (χ4v) is 3.67. The molecule has 3 aromatic rings. The second-order valence-electron chi connectivity index (χ2n) is 4.63. The highest BCUT2D eigenvalue weighted by atomic mass is 32.1. The summed E-state index contributed by atoms with van der Waals surface area (Å²) < 4.78 is 1.24. The van der Waals surface area contributed by atoms with Crippen molar-refractivity contribution >= 4 is 21.4 Å². The van der Waals surface area contributed by atoms with Gasteiger partial charge in [0.25, 0.3) is 0 Å². The van der Waals surface area contributed by atoms with Gasteiger partial charge in [-0.15, -0.1) is 11.3 Å². The van der Waals surface area contributed by atoms with Crippen LogP contribution in [0, 0.1) is 0 Å². The minimum Gasteiger partial charge on any atom is -0.388 e. The molecule has 0 fully saturated rings. The highest BCUT2D eigenvalue weighted by Crippen LogP contribution is 2.42. The first-order chi connectivity index (χ1) is 9.31. The second kappa shape index (κ2) is 5.16. The van der Waals surface area contributed by atoms with Crippen molar-refractivity contribution in [3.63, 3.8) is 0 Å². The summed E-state index contributed by atoms with van der Waals surface area (Å²) in [4.78, 5) is 1.19. The van der Waals surface area contributed by atoms with Crippen LogP contribution in [0.25, 0.3) is 20.5 Å². The molecule has 2 heteroatoms. The topological polar surface area (TPSA) is 20.2 Å². The Hall–Kier alpha value is -1.64. The van der Waals surface area contributed by atoms with E-state index in [-0.39, 0.29) is 0 Å². The third-order valence-electron chi connectivity index (χ3n) is 3.39. The van der Waals surface area contributed by atoms with E-state index in [0.717, 1.165) is 12.0 Å². The minimum atomic E-state index is -0.397. The molecule has 1 heterocycles. The van der Waals surface area contributed by atoms with Gasteiger partial charge >= 0.3 is 0 Å². The van der Waals surface area contributed by atoms with Crippen LogP contribution in [0.3, 0.4) is 0 Å². The highest BCUT2D eigenvalue weighted by Gasteiger charge is 2.18. The molecule has 1 unspecified atom stereocenters. The van der Waals surface area contributed by atoms with Crippen LogP contribution in [-0.4, -0.2) is 5.11 Å². The molecule has 0 bridgehead atoms. The molecule has 1 N–H and O–H groups in total. The lowest BCUT2D eigenvalue weighted by Gasteiger charge is -2.10. The number of aliphatic hydroxyl groups is 1. The van der Waals surface area contributed by atoms with Crippen molar-refractivity contribution in [1.29, 1.82) is 0 Å². The molecule has 0 amide bonds. The van der Waals surface area contributed by atoms with Crippen LogP contribution < -0.4 is 0 Å². The van der Waals surface area contributed by atoms with E-state index in [4.69, 9.17) is 0 Å². The maximum absolute atomic E-state index is 10.4. The Balaban J connectivity index is 2.29. The molecule has 0 aliphatic carbocycles. The number of hydrogen-bond acceptors (Lipinski definition) is 2. The summed E-state index contributed by atoms with van der Waals surface area (Å²) in [5.41, 5.74) is 2.26. The molecule has 0 aliphatic rings. The van der Waals surface area contributed by atoms with E-state index in [1.807, 2.05) is 31.2 Å². The van der Waals surface area contributed by atoms with Crippen molar-refractivity contribution in [3.8, 4) is 10.4 Å². The van der Waals surface area contributed by atoms with Gasteiger partial charge in [0.1, 0.15) is 0 Å². The van der Waals surface area contributed by atoms with Gasteiger partial charge in [-0.2, -0.15) is 0 Å². The summed E-state index contributed by atoms with van der Waals surface area (Å²) in [7, 11) is 0. The van der Waals surface area contributed by atoms with Gasteiger partial charge in [0.05, 0.1) is 6.10 Å². The normalized spacial score (nSPS) is 12.7. The number of fused-ring (bicyclic) bond motifs is 1. The number of benzene rings is 2. The molecule has 3 rings (SSSR count). The largest absolute Gasteiger partial charge is 0.388 e. The Kier molecular flexibility index (Phi) is 3.36.